The molecule has 3 aromatic rings. The first kappa shape index (κ1) is 17.8. The summed E-state index contributed by atoms with van der Waals surface area (Å²) in [6.07, 6.45) is 3.69. The highest BCUT2D eigenvalue weighted by molar-refractivity contribution is 7.99. The van der Waals surface area contributed by atoms with Gasteiger partial charge in [0.05, 0.1) is 12.2 Å². The lowest BCUT2D eigenvalue weighted by Gasteiger charge is -2.39. The molecule has 0 bridgehead atoms. The Balaban J connectivity index is 1.13. The van der Waals surface area contributed by atoms with E-state index in [1.807, 2.05) is 29.1 Å². The summed E-state index contributed by atoms with van der Waals surface area (Å²) in [5.74, 6) is 1.93. The van der Waals surface area contributed by atoms with E-state index >= 15 is 0 Å². The van der Waals surface area contributed by atoms with Crippen LogP contribution >= 0.6 is 11.8 Å². The zero-order valence-electron chi connectivity index (χ0n) is 16.7. The van der Waals surface area contributed by atoms with Crippen LogP contribution in [-0.4, -0.2) is 57.9 Å². The number of piperidine rings is 1. The SMILES string of the molecule is c1cc2c3c(c1)[C@@H]1CN(CCCn4nc5ccccc5n4)CC[C@@H]1N3CCCS2. The Kier molecular flexibility index (Phi) is 4.49. The molecule has 0 radical (unpaired) electrons. The average molecular weight is 406 g/mol. The number of hydrogen-bond acceptors (Lipinski definition) is 5. The van der Waals surface area contributed by atoms with E-state index in [0.29, 0.717) is 12.0 Å². The molecule has 5 nitrogen and oxygen atoms in total. The van der Waals surface area contributed by atoms with Crippen LogP contribution in [0.5, 0.6) is 0 Å². The van der Waals surface area contributed by atoms with Gasteiger partial charge in [0, 0.05) is 36.5 Å². The fourth-order valence-electron chi connectivity index (χ4n) is 5.45. The first-order valence-electron chi connectivity index (χ1n) is 10.9. The van der Waals surface area contributed by atoms with Crippen molar-refractivity contribution in [3.63, 3.8) is 0 Å². The van der Waals surface area contributed by atoms with Crippen molar-refractivity contribution >= 4 is 28.5 Å². The van der Waals surface area contributed by atoms with Gasteiger partial charge in [-0.1, -0.05) is 24.3 Å². The fraction of sp³-hybridized carbons (Fsp3) is 0.478. The lowest BCUT2D eigenvalue weighted by atomic mass is 9.89. The van der Waals surface area contributed by atoms with Crippen molar-refractivity contribution in [1.29, 1.82) is 0 Å². The molecule has 1 aromatic heterocycles. The van der Waals surface area contributed by atoms with E-state index in [9.17, 15) is 0 Å². The number of fused-ring (bicyclic) bond motifs is 4. The molecule has 1 fully saturated rings. The molecule has 0 spiro atoms. The topological polar surface area (TPSA) is 37.2 Å². The fourth-order valence-corrected chi connectivity index (χ4v) is 6.49. The van der Waals surface area contributed by atoms with E-state index in [4.69, 9.17) is 0 Å². The highest BCUT2D eigenvalue weighted by atomic mass is 32.2. The van der Waals surface area contributed by atoms with Crippen molar-refractivity contribution in [3.05, 3.63) is 48.0 Å². The van der Waals surface area contributed by atoms with Gasteiger partial charge in [0.15, 0.2) is 0 Å². The maximum absolute atomic E-state index is 4.60. The van der Waals surface area contributed by atoms with Gasteiger partial charge in [-0.25, -0.2) is 0 Å². The number of para-hydroxylation sites is 1. The van der Waals surface area contributed by atoms with Crippen molar-refractivity contribution in [2.24, 2.45) is 0 Å². The number of rotatable bonds is 4. The van der Waals surface area contributed by atoms with E-state index in [1.54, 1.807) is 11.3 Å². The molecule has 6 heteroatoms. The largest absolute Gasteiger partial charge is 0.367 e. The van der Waals surface area contributed by atoms with E-state index in [0.717, 1.165) is 30.5 Å². The highest BCUT2D eigenvalue weighted by Gasteiger charge is 2.43. The molecular formula is C23H27N5S. The van der Waals surface area contributed by atoms with Crippen LogP contribution < -0.4 is 4.90 Å². The third-order valence-corrected chi connectivity index (χ3v) is 7.87. The lowest BCUT2D eigenvalue weighted by Crippen LogP contribution is -2.46. The second-order valence-corrected chi connectivity index (χ2v) is 9.63. The number of aryl methyl sites for hydroxylation is 1. The summed E-state index contributed by atoms with van der Waals surface area (Å²) in [5, 5.41) is 9.21. The summed E-state index contributed by atoms with van der Waals surface area (Å²) in [7, 11) is 0. The second-order valence-electron chi connectivity index (χ2n) is 8.49. The Labute approximate surface area is 176 Å². The minimum atomic E-state index is 0.669. The number of benzene rings is 2. The van der Waals surface area contributed by atoms with Gasteiger partial charge in [0.25, 0.3) is 0 Å². The summed E-state index contributed by atoms with van der Waals surface area (Å²) in [5.41, 5.74) is 5.16. The third kappa shape index (κ3) is 3.13. The minimum absolute atomic E-state index is 0.669. The number of likely N-dealkylation sites (tertiary alicyclic amines) is 1. The molecule has 29 heavy (non-hydrogen) atoms. The normalized spacial score (nSPS) is 23.8. The predicted octanol–water partition coefficient (Wildman–Crippen LogP) is 4.00. The standard InChI is InChI=1S/C23H27N5S/c1-2-8-20-19(7-1)24-28(25-20)13-4-11-26-14-10-21-18(16-26)17-6-3-9-22-23(17)27(21)12-5-15-29-22/h1-3,6-9,18,21H,4-5,10-16H2/t18-,21-/m0/s1. The van der Waals surface area contributed by atoms with Gasteiger partial charge in [-0.15, -0.1) is 11.8 Å². The van der Waals surface area contributed by atoms with Gasteiger partial charge in [-0.3, -0.25) is 0 Å². The van der Waals surface area contributed by atoms with E-state index in [-0.39, 0.29) is 0 Å². The van der Waals surface area contributed by atoms with Gasteiger partial charge in [0.2, 0.25) is 0 Å². The molecule has 1 saturated heterocycles. The summed E-state index contributed by atoms with van der Waals surface area (Å²) in [4.78, 5) is 8.81. The summed E-state index contributed by atoms with van der Waals surface area (Å²) >= 11 is 2.05. The van der Waals surface area contributed by atoms with Crippen molar-refractivity contribution < 1.29 is 0 Å². The number of aromatic nitrogens is 3. The Morgan fingerprint density at radius 2 is 1.83 bits per heavy atom. The number of thioether (sulfide) groups is 1. The maximum atomic E-state index is 4.60. The Hall–Kier alpha value is -2.05. The van der Waals surface area contributed by atoms with Crippen LogP contribution in [0.1, 0.15) is 30.7 Å². The molecule has 4 heterocycles. The van der Waals surface area contributed by atoms with Crippen LogP contribution in [0.15, 0.2) is 47.4 Å². The zero-order valence-corrected chi connectivity index (χ0v) is 17.5. The second kappa shape index (κ2) is 7.33. The van der Waals surface area contributed by atoms with E-state index < -0.39 is 0 Å². The molecule has 150 valence electrons. The molecule has 2 aromatic carbocycles. The Morgan fingerprint density at radius 3 is 2.69 bits per heavy atom. The van der Waals surface area contributed by atoms with Crippen LogP contribution in [0.2, 0.25) is 0 Å². The van der Waals surface area contributed by atoms with Crippen molar-refractivity contribution in [1.82, 2.24) is 19.9 Å². The molecule has 6 rings (SSSR count). The van der Waals surface area contributed by atoms with E-state index in [1.165, 1.54) is 43.1 Å². The van der Waals surface area contributed by atoms with Crippen molar-refractivity contribution in [3.8, 4) is 0 Å². The van der Waals surface area contributed by atoms with Gasteiger partial charge in [-0.2, -0.15) is 15.0 Å². The van der Waals surface area contributed by atoms with Crippen LogP contribution in [0, 0.1) is 0 Å². The van der Waals surface area contributed by atoms with Crippen LogP contribution in [0.3, 0.4) is 0 Å². The zero-order chi connectivity index (χ0) is 19.2. The van der Waals surface area contributed by atoms with Crippen LogP contribution in [0.25, 0.3) is 11.0 Å². The van der Waals surface area contributed by atoms with Gasteiger partial charge in [-0.05, 0) is 55.3 Å². The smallest absolute Gasteiger partial charge is 0.113 e. The molecule has 3 aliphatic heterocycles. The van der Waals surface area contributed by atoms with Crippen LogP contribution in [-0.2, 0) is 6.54 Å². The summed E-state index contributed by atoms with van der Waals surface area (Å²) < 4.78 is 0. The monoisotopic (exact) mass is 405 g/mol. The Morgan fingerprint density at radius 1 is 0.966 bits per heavy atom. The van der Waals surface area contributed by atoms with Crippen LogP contribution in [0.4, 0.5) is 5.69 Å². The van der Waals surface area contributed by atoms with Gasteiger partial charge < -0.3 is 9.80 Å². The molecule has 0 N–H and O–H groups in total. The number of nitrogens with zero attached hydrogens (tertiary/aromatic N) is 5. The molecular weight excluding hydrogens is 378 g/mol. The molecule has 3 aliphatic rings. The van der Waals surface area contributed by atoms with Crippen molar-refractivity contribution in [2.75, 3.05) is 36.8 Å². The quantitative estimate of drug-likeness (QED) is 0.656. The van der Waals surface area contributed by atoms with Gasteiger partial charge >= 0.3 is 0 Å². The predicted molar refractivity (Wildman–Crippen MR) is 119 cm³/mol. The number of hydrogen-bond donors (Lipinski definition) is 0. The first-order valence-corrected chi connectivity index (χ1v) is 11.9. The molecule has 0 aliphatic carbocycles. The average Bonchev–Trinajstić information content (AvgIpc) is 3.22. The third-order valence-electron chi connectivity index (χ3n) is 6.74. The van der Waals surface area contributed by atoms with E-state index in [2.05, 4.69) is 50.0 Å². The highest BCUT2D eigenvalue weighted by Crippen LogP contribution is 2.50. The molecule has 0 saturated carbocycles. The molecule has 0 unspecified atom stereocenters. The number of anilines is 1. The molecule has 2 atom stereocenters. The maximum Gasteiger partial charge on any atom is 0.113 e. The minimum Gasteiger partial charge on any atom is -0.367 e. The lowest BCUT2D eigenvalue weighted by molar-refractivity contribution is 0.187. The Bertz CT molecular complexity index is 998. The summed E-state index contributed by atoms with van der Waals surface area (Å²) in [6, 6.07) is 15.8. The van der Waals surface area contributed by atoms with Crippen molar-refractivity contribution in [2.45, 2.75) is 42.7 Å². The first-order chi connectivity index (χ1) is 14.4. The molecule has 0 amide bonds. The summed E-state index contributed by atoms with van der Waals surface area (Å²) in [6.45, 7) is 5.66. The van der Waals surface area contributed by atoms with Gasteiger partial charge in [0.1, 0.15) is 11.0 Å².